The smallest absolute Gasteiger partial charge is 0.229 e. The van der Waals surface area contributed by atoms with Crippen LogP contribution in [0.1, 0.15) is 31.6 Å². The zero-order chi connectivity index (χ0) is 13.0. The van der Waals surface area contributed by atoms with Crippen LogP contribution in [0.4, 0.5) is 0 Å². The number of hydrogen-bond acceptors (Lipinski definition) is 4. The van der Waals surface area contributed by atoms with Crippen molar-refractivity contribution in [3.63, 3.8) is 0 Å². The molecule has 0 bridgehead atoms. The molecule has 0 fully saturated rings. The van der Waals surface area contributed by atoms with E-state index in [9.17, 15) is 0 Å². The molecule has 96 valence electrons. The van der Waals surface area contributed by atoms with Gasteiger partial charge in [0.25, 0.3) is 0 Å². The van der Waals surface area contributed by atoms with Gasteiger partial charge in [-0.15, -0.1) is 0 Å². The van der Waals surface area contributed by atoms with Gasteiger partial charge in [-0.2, -0.15) is 4.98 Å². The third-order valence-electron chi connectivity index (χ3n) is 2.82. The Balaban J connectivity index is 2.18. The Morgan fingerprint density at radius 2 is 2.17 bits per heavy atom. The number of nitrogens with two attached hydrogens (primary N) is 1. The van der Waals surface area contributed by atoms with Crippen molar-refractivity contribution in [1.29, 1.82) is 0 Å². The van der Waals surface area contributed by atoms with E-state index >= 15 is 0 Å². The first-order valence-electron chi connectivity index (χ1n) is 6.01. The van der Waals surface area contributed by atoms with E-state index in [1.165, 1.54) is 0 Å². The van der Waals surface area contributed by atoms with Crippen molar-refractivity contribution >= 4 is 15.9 Å². The molecule has 0 aliphatic carbocycles. The predicted molar refractivity (Wildman–Crippen MR) is 74.1 cm³/mol. The van der Waals surface area contributed by atoms with Crippen LogP contribution in [-0.2, 0) is 0 Å². The van der Waals surface area contributed by atoms with Gasteiger partial charge < -0.3 is 10.3 Å². The number of hydrogen-bond donors (Lipinski definition) is 1. The fourth-order valence-electron chi connectivity index (χ4n) is 1.73. The van der Waals surface area contributed by atoms with E-state index < -0.39 is 0 Å². The van der Waals surface area contributed by atoms with Crippen molar-refractivity contribution in [2.75, 3.05) is 6.54 Å². The molecule has 4 nitrogen and oxygen atoms in total. The average Bonchev–Trinajstić information content (AvgIpc) is 2.86. The highest BCUT2D eigenvalue weighted by molar-refractivity contribution is 9.10. The van der Waals surface area contributed by atoms with Gasteiger partial charge in [-0.1, -0.05) is 40.1 Å². The van der Waals surface area contributed by atoms with Crippen molar-refractivity contribution in [1.82, 2.24) is 10.1 Å². The van der Waals surface area contributed by atoms with Crippen LogP contribution in [0.2, 0.25) is 0 Å². The molecule has 0 radical (unpaired) electrons. The Labute approximate surface area is 115 Å². The topological polar surface area (TPSA) is 64.9 Å². The largest absolute Gasteiger partial charge is 0.339 e. The van der Waals surface area contributed by atoms with Crippen LogP contribution < -0.4 is 5.73 Å². The van der Waals surface area contributed by atoms with Gasteiger partial charge in [0.2, 0.25) is 11.7 Å². The fourth-order valence-corrected chi connectivity index (χ4v) is 2.20. The molecule has 18 heavy (non-hydrogen) atoms. The Morgan fingerprint density at radius 1 is 1.39 bits per heavy atom. The summed E-state index contributed by atoms with van der Waals surface area (Å²) in [5.74, 6) is 1.54. The molecule has 2 aromatic rings. The minimum atomic E-state index is 0.247. The van der Waals surface area contributed by atoms with Crippen LogP contribution in [-0.4, -0.2) is 16.7 Å². The van der Waals surface area contributed by atoms with Gasteiger partial charge in [0, 0.05) is 16.0 Å². The summed E-state index contributed by atoms with van der Waals surface area (Å²) in [5, 5.41) is 4.03. The normalized spacial score (nSPS) is 12.6. The zero-order valence-electron chi connectivity index (χ0n) is 10.3. The summed E-state index contributed by atoms with van der Waals surface area (Å²) in [6.07, 6.45) is 1.93. The molecule has 0 spiro atoms. The SMILES string of the molecule is CC(CCCN)c1nc(-c2ccccc2Br)no1. The lowest BCUT2D eigenvalue weighted by Crippen LogP contribution is -2.02. The molecule has 1 unspecified atom stereocenters. The zero-order valence-corrected chi connectivity index (χ0v) is 11.9. The molecule has 0 saturated carbocycles. The highest BCUT2D eigenvalue weighted by Crippen LogP contribution is 2.27. The van der Waals surface area contributed by atoms with E-state index in [1.54, 1.807) is 0 Å². The summed E-state index contributed by atoms with van der Waals surface area (Å²) in [7, 11) is 0. The second-order valence-electron chi connectivity index (χ2n) is 4.27. The Kier molecular flexibility index (Phi) is 4.49. The third-order valence-corrected chi connectivity index (χ3v) is 3.51. The molecule has 5 heteroatoms. The minimum Gasteiger partial charge on any atom is -0.339 e. The van der Waals surface area contributed by atoms with Crippen LogP contribution in [0.5, 0.6) is 0 Å². The summed E-state index contributed by atoms with van der Waals surface area (Å²) in [5.41, 5.74) is 6.44. The molecule has 2 N–H and O–H groups in total. The van der Waals surface area contributed by atoms with Gasteiger partial charge in [0.05, 0.1) is 0 Å². The standard InChI is InChI=1S/C13H16BrN3O/c1-9(5-4-8-15)13-16-12(17-18-13)10-6-2-3-7-11(10)14/h2-3,6-7,9H,4-5,8,15H2,1H3. The first-order valence-corrected chi connectivity index (χ1v) is 6.80. The molecule has 0 saturated heterocycles. The summed E-state index contributed by atoms with van der Waals surface area (Å²) in [6.45, 7) is 2.77. The first kappa shape index (κ1) is 13.2. The van der Waals surface area contributed by atoms with Gasteiger partial charge >= 0.3 is 0 Å². The Hall–Kier alpha value is -1.20. The lowest BCUT2D eigenvalue weighted by molar-refractivity contribution is 0.352. The third kappa shape index (κ3) is 2.97. The summed E-state index contributed by atoms with van der Waals surface area (Å²) in [4.78, 5) is 4.45. The van der Waals surface area contributed by atoms with E-state index in [2.05, 4.69) is 33.0 Å². The van der Waals surface area contributed by atoms with Crippen molar-refractivity contribution in [3.05, 3.63) is 34.6 Å². The molecule has 2 rings (SSSR count). The molecule has 0 aliphatic heterocycles. The Bertz CT molecular complexity index is 512. The van der Waals surface area contributed by atoms with Crippen LogP contribution in [0.15, 0.2) is 33.3 Å². The number of aromatic nitrogens is 2. The number of rotatable bonds is 5. The quantitative estimate of drug-likeness (QED) is 0.920. The molecular weight excluding hydrogens is 294 g/mol. The maximum atomic E-state index is 5.50. The van der Waals surface area contributed by atoms with Crippen LogP contribution >= 0.6 is 15.9 Å². The lowest BCUT2D eigenvalue weighted by Gasteiger charge is -2.03. The van der Waals surface area contributed by atoms with Gasteiger partial charge in [-0.25, -0.2) is 0 Å². The monoisotopic (exact) mass is 309 g/mol. The lowest BCUT2D eigenvalue weighted by atomic mass is 10.1. The summed E-state index contributed by atoms with van der Waals surface area (Å²) in [6, 6.07) is 7.83. The van der Waals surface area contributed by atoms with Gasteiger partial charge in [0.15, 0.2) is 0 Å². The van der Waals surface area contributed by atoms with Crippen LogP contribution in [0, 0.1) is 0 Å². The van der Waals surface area contributed by atoms with Crippen LogP contribution in [0.3, 0.4) is 0 Å². The Morgan fingerprint density at radius 3 is 2.89 bits per heavy atom. The maximum absolute atomic E-state index is 5.50. The van der Waals surface area contributed by atoms with Gasteiger partial charge in [-0.3, -0.25) is 0 Å². The van der Waals surface area contributed by atoms with Crippen molar-refractivity contribution in [3.8, 4) is 11.4 Å². The number of halogens is 1. The van der Waals surface area contributed by atoms with E-state index in [-0.39, 0.29) is 5.92 Å². The molecule has 1 aromatic carbocycles. The van der Waals surface area contributed by atoms with E-state index in [4.69, 9.17) is 10.3 Å². The summed E-state index contributed by atoms with van der Waals surface area (Å²) < 4.78 is 6.27. The summed E-state index contributed by atoms with van der Waals surface area (Å²) >= 11 is 3.48. The van der Waals surface area contributed by atoms with E-state index in [1.807, 2.05) is 24.3 Å². The molecular formula is C13H16BrN3O. The molecule has 1 aromatic heterocycles. The number of benzene rings is 1. The van der Waals surface area contributed by atoms with Crippen LogP contribution in [0.25, 0.3) is 11.4 Å². The van der Waals surface area contributed by atoms with Crippen molar-refractivity contribution in [2.24, 2.45) is 5.73 Å². The highest BCUT2D eigenvalue weighted by atomic mass is 79.9. The maximum Gasteiger partial charge on any atom is 0.229 e. The predicted octanol–water partition coefficient (Wildman–Crippen LogP) is 3.34. The van der Waals surface area contributed by atoms with Gasteiger partial charge in [-0.05, 0) is 31.5 Å². The second-order valence-corrected chi connectivity index (χ2v) is 5.12. The molecule has 0 aliphatic rings. The molecule has 0 amide bonds. The van der Waals surface area contributed by atoms with Crippen molar-refractivity contribution in [2.45, 2.75) is 25.7 Å². The molecule has 1 atom stereocenters. The fraction of sp³-hybridized carbons (Fsp3) is 0.385. The number of nitrogens with zero attached hydrogens (tertiary/aromatic N) is 2. The molecule has 1 heterocycles. The average molecular weight is 310 g/mol. The first-order chi connectivity index (χ1) is 8.72. The van der Waals surface area contributed by atoms with Gasteiger partial charge in [0.1, 0.15) is 0 Å². The van der Waals surface area contributed by atoms with E-state index in [0.29, 0.717) is 18.3 Å². The van der Waals surface area contributed by atoms with E-state index in [0.717, 1.165) is 22.9 Å². The second kappa shape index (κ2) is 6.11. The van der Waals surface area contributed by atoms with Crippen molar-refractivity contribution < 1.29 is 4.52 Å². The highest BCUT2D eigenvalue weighted by Gasteiger charge is 2.15. The minimum absolute atomic E-state index is 0.247.